The first kappa shape index (κ1) is 16.4. The summed E-state index contributed by atoms with van der Waals surface area (Å²) in [4.78, 5) is 23.6. The van der Waals surface area contributed by atoms with E-state index in [0.717, 1.165) is 49.0 Å². The molecule has 25 heavy (non-hydrogen) atoms. The molecule has 7 heteroatoms. The fourth-order valence-corrected chi connectivity index (χ4v) is 3.90. The Morgan fingerprint density at radius 2 is 2.04 bits per heavy atom. The summed E-state index contributed by atoms with van der Waals surface area (Å²) >= 11 is 1.67. The van der Waals surface area contributed by atoms with E-state index in [4.69, 9.17) is 4.98 Å². The summed E-state index contributed by atoms with van der Waals surface area (Å²) in [5.41, 5.74) is 6.02. The first-order chi connectivity index (χ1) is 12.3. The summed E-state index contributed by atoms with van der Waals surface area (Å²) in [6.07, 6.45) is 8.89. The maximum Gasteiger partial charge on any atom is 0.157 e. The standard InChI is InChI=1S/C18H22N6S/c1-13-7-20-18(22-13)17-9-19-8-15(23-17)6-14-2-4-24(5-3-14)10-16-11-25-12-21-16/h7-9,11-12,14H,2-6,10H2,1H3,(H,20,22). The van der Waals surface area contributed by atoms with Gasteiger partial charge in [-0.25, -0.2) is 15.0 Å². The highest BCUT2D eigenvalue weighted by molar-refractivity contribution is 7.07. The minimum Gasteiger partial charge on any atom is -0.341 e. The van der Waals surface area contributed by atoms with E-state index in [2.05, 4.69) is 30.2 Å². The van der Waals surface area contributed by atoms with Crippen molar-refractivity contribution in [3.8, 4) is 11.5 Å². The number of imidazole rings is 1. The van der Waals surface area contributed by atoms with Gasteiger partial charge in [0.1, 0.15) is 5.69 Å². The number of nitrogens with zero attached hydrogens (tertiary/aromatic N) is 5. The van der Waals surface area contributed by atoms with Gasteiger partial charge in [0.25, 0.3) is 0 Å². The zero-order chi connectivity index (χ0) is 17.1. The summed E-state index contributed by atoms with van der Waals surface area (Å²) in [5, 5.41) is 2.14. The number of H-pyrrole nitrogens is 1. The minimum absolute atomic E-state index is 0.676. The molecule has 1 aliphatic heterocycles. The molecule has 0 aliphatic carbocycles. The van der Waals surface area contributed by atoms with Crippen LogP contribution in [0.15, 0.2) is 29.5 Å². The minimum atomic E-state index is 0.676. The van der Waals surface area contributed by atoms with Crippen LogP contribution in [-0.2, 0) is 13.0 Å². The second-order valence-corrected chi connectivity index (χ2v) is 7.43. The van der Waals surface area contributed by atoms with Crippen molar-refractivity contribution in [2.75, 3.05) is 13.1 Å². The number of aromatic nitrogens is 5. The van der Waals surface area contributed by atoms with E-state index >= 15 is 0 Å². The van der Waals surface area contributed by atoms with Gasteiger partial charge < -0.3 is 4.98 Å². The third kappa shape index (κ3) is 4.11. The zero-order valence-electron chi connectivity index (χ0n) is 14.4. The predicted molar refractivity (Wildman–Crippen MR) is 98.2 cm³/mol. The molecule has 1 aliphatic rings. The van der Waals surface area contributed by atoms with Crippen LogP contribution in [0.5, 0.6) is 0 Å². The molecule has 4 heterocycles. The normalized spacial score (nSPS) is 16.4. The smallest absolute Gasteiger partial charge is 0.157 e. The first-order valence-electron chi connectivity index (χ1n) is 8.68. The molecule has 0 amide bonds. The van der Waals surface area contributed by atoms with Crippen LogP contribution in [0.25, 0.3) is 11.5 Å². The molecule has 130 valence electrons. The predicted octanol–water partition coefficient (Wildman–Crippen LogP) is 3.09. The van der Waals surface area contributed by atoms with Crippen LogP contribution in [0.2, 0.25) is 0 Å². The molecule has 1 saturated heterocycles. The van der Waals surface area contributed by atoms with E-state index in [1.165, 1.54) is 18.5 Å². The summed E-state index contributed by atoms with van der Waals surface area (Å²) in [6, 6.07) is 0. The summed E-state index contributed by atoms with van der Waals surface area (Å²) in [6.45, 7) is 5.23. The van der Waals surface area contributed by atoms with Crippen molar-refractivity contribution in [3.05, 3.63) is 46.6 Å². The van der Waals surface area contributed by atoms with Gasteiger partial charge in [-0.2, -0.15) is 0 Å². The zero-order valence-corrected chi connectivity index (χ0v) is 15.2. The highest BCUT2D eigenvalue weighted by atomic mass is 32.1. The van der Waals surface area contributed by atoms with Crippen molar-refractivity contribution < 1.29 is 0 Å². The van der Waals surface area contributed by atoms with Gasteiger partial charge in [0.2, 0.25) is 0 Å². The van der Waals surface area contributed by atoms with E-state index in [1.807, 2.05) is 24.8 Å². The summed E-state index contributed by atoms with van der Waals surface area (Å²) < 4.78 is 0. The van der Waals surface area contributed by atoms with E-state index in [9.17, 15) is 0 Å². The van der Waals surface area contributed by atoms with Crippen LogP contribution in [0.3, 0.4) is 0 Å². The summed E-state index contributed by atoms with van der Waals surface area (Å²) in [7, 11) is 0. The van der Waals surface area contributed by atoms with E-state index in [1.54, 1.807) is 17.5 Å². The van der Waals surface area contributed by atoms with Crippen molar-refractivity contribution >= 4 is 11.3 Å². The number of piperidine rings is 1. The van der Waals surface area contributed by atoms with Gasteiger partial charge in [-0.1, -0.05) is 0 Å². The van der Waals surface area contributed by atoms with Crippen molar-refractivity contribution in [2.24, 2.45) is 5.92 Å². The lowest BCUT2D eigenvalue weighted by Gasteiger charge is -2.31. The molecular weight excluding hydrogens is 332 g/mol. The quantitative estimate of drug-likeness (QED) is 0.762. The SMILES string of the molecule is Cc1cnc(-c2cncc(CC3CCN(Cc4cscn4)CC3)n2)[nH]1. The summed E-state index contributed by atoms with van der Waals surface area (Å²) in [5.74, 6) is 1.47. The molecule has 0 aromatic carbocycles. The lowest BCUT2D eigenvalue weighted by molar-refractivity contribution is 0.175. The molecule has 1 N–H and O–H groups in total. The van der Waals surface area contributed by atoms with Crippen LogP contribution < -0.4 is 0 Å². The number of likely N-dealkylation sites (tertiary alicyclic amines) is 1. The number of aromatic amines is 1. The number of thiazole rings is 1. The van der Waals surface area contributed by atoms with E-state index < -0.39 is 0 Å². The number of hydrogen-bond donors (Lipinski definition) is 1. The molecule has 0 radical (unpaired) electrons. The van der Waals surface area contributed by atoms with Gasteiger partial charge in [-0.05, 0) is 45.2 Å². The fraction of sp³-hybridized carbons (Fsp3) is 0.444. The third-order valence-electron chi connectivity index (χ3n) is 4.70. The first-order valence-corrected chi connectivity index (χ1v) is 9.63. The van der Waals surface area contributed by atoms with Crippen LogP contribution in [0.1, 0.15) is 29.9 Å². The molecule has 0 saturated carbocycles. The van der Waals surface area contributed by atoms with Crippen molar-refractivity contribution in [2.45, 2.75) is 32.7 Å². The Labute approximate surface area is 151 Å². The molecule has 0 unspecified atom stereocenters. The second kappa shape index (κ2) is 7.41. The molecule has 4 rings (SSSR count). The largest absolute Gasteiger partial charge is 0.341 e. The Hall–Kier alpha value is -2.12. The highest BCUT2D eigenvalue weighted by Gasteiger charge is 2.20. The number of hydrogen-bond acceptors (Lipinski definition) is 6. The van der Waals surface area contributed by atoms with Gasteiger partial charge in [-0.3, -0.25) is 9.88 Å². The Morgan fingerprint density at radius 3 is 2.76 bits per heavy atom. The van der Waals surface area contributed by atoms with Gasteiger partial charge in [0.15, 0.2) is 5.82 Å². The maximum absolute atomic E-state index is 4.75. The van der Waals surface area contributed by atoms with E-state index in [0.29, 0.717) is 5.92 Å². The van der Waals surface area contributed by atoms with Gasteiger partial charge in [-0.15, -0.1) is 11.3 Å². The number of aryl methyl sites for hydroxylation is 1. The van der Waals surface area contributed by atoms with Crippen LogP contribution >= 0.6 is 11.3 Å². The molecule has 3 aromatic heterocycles. The number of nitrogens with one attached hydrogen (secondary N) is 1. The molecule has 0 spiro atoms. The van der Waals surface area contributed by atoms with Crippen LogP contribution in [0, 0.1) is 12.8 Å². The lowest BCUT2D eigenvalue weighted by Crippen LogP contribution is -2.34. The molecular formula is C18H22N6S. The Bertz CT molecular complexity index is 805. The van der Waals surface area contributed by atoms with Crippen LogP contribution in [0.4, 0.5) is 0 Å². The van der Waals surface area contributed by atoms with Crippen molar-refractivity contribution in [1.29, 1.82) is 0 Å². The van der Waals surface area contributed by atoms with Gasteiger partial charge in [0.05, 0.1) is 23.1 Å². The van der Waals surface area contributed by atoms with Gasteiger partial charge >= 0.3 is 0 Å². The van der Waals surface area contributed by atoms with E-state index in [-0.39, 0.29) is 0 Å². The van der Waals surface area contributed by atoms with Gasteiger partial charge in [0, 0.05) is 30.0 Å². The lowest BCUT2D eigenvalue weighted by atomic mass is 9.92. The molecule has 6 nitrogen and oxygen atoms in total. The fourth-order valence-electron chi connectivity index (χ4n) is 3.35. The second-order valence-electron chi connectivity index (χ2n) is 6.71. The Balaban J connectivity index is 1.34. The Morgan fingerprint density at radius 1 is 1.16 bits per heavy atom. The molecule has 3 aromatic rings. The average molecular weight is 354 g/mol. The Kier molecular flexibility index (Phi) is 4.85. The molecule has 1 fully saturated rings. The third-order valence-corrected chi connectivity index (χ3v) is 5.34. The molecule has 0 atom stereocenters. The monoisotopic (exact) mass is 354 g/mol. The van der Waals surface area contributed by atoms with Crippen LogP contribution in [-0.4, -0.2) is 42.9 Å². The average Bonchev–Trinajstić information content (AvgIpc) is 3.29. The molecule has 0 bridgehead atoms. The van der Waals surface area contributed by atoms with Crippen molar-refractivity contribution in [1.82, 2.24) is 29.8 Å². The number of rotatable bonds is 5. The highest BCUT2D eigenvalue weighted by Crippen LogP contribution is 2.23. The van der Waals surface area contributed by atoms with Crippen molar-refractivity contribution in [3.63, 3.8) is 0 Å². The maximum atomic E-state index is 4.75. The topological polar surface area (TPSA) is 70.6 Å².